The lowest BCUT2D eigenvalue weighted by atomic mass is 9.45. The molecule has 0 heterocycles. The first-order valence-electron chi connectivity index (χ1n) is 16.0. The summed E-state index contributed by atoms with van der Waals surface area (Å²) in [5.74, 6) is -2.42. The van der Waals surface area contributed by atoms with E-state index in [1.807, 2.05) is 13.0 Å². The summed E-state index contributed by atoms with van der Waals surface area (Å²) in [5.41, 5.74) is -1.20. The van der Waals surface area contributed by atoms with Crippen LogP contribution in [-0.4, -0.2) is 86.8 Å². The Bertz CT molecular complexity index is 1510. The SMILES string of the molecule is COC(=O)C(Cc1ccc(O)c([N+](=O)[O-])c1)NC(=O)CON=C1C=C2CCC3C(C(O)C[C@@]4(C)C3CC[C@]4(O)C(=O)CO)[C@@]2(C)CC1. The van der Waals surface area contributed by atoms with Gasteiger partial charge in [0.2, 0.25) is 0 Å². The molecule has 0 aliphatic heterocycles. The fraction of sp³-hybridized carbons (Fsp3) is 0.636. The first-order valence-corrected chi connectivity index (χ1v) is 16.0. The van der Waals surface area contributed by atoms with Crippen LogP contribution >= 0.6 is 0 Å². The molecule has 8 atom stereocenters. The maximum absolute atomic E-state index is 12.7. The summed E-state index contributed by atoms with van der Waals surface area (Å²) in [6, 6.07) is 2.50. The number of nitro groups is 1. The van der Waals surface area contributed by atoms with Gasteiger partial charge < -0.3 is 35.3 Å². The van der Waals surface area contributed by atoms with Crippen LogP contribution in [0.5, 0.6) is 5.75 Å². The number of aromatic hydroxyl groups is 1. The molecule has 4 aliphatic carbocycles. The number of Topliss-reactive ketones (excluding diaryl/α,β-unsaturated/α-hetero) is 1. The number of nitrogens with zero attached hydrogens (tertiary/aromatic N) is 2. The summed E-state index contributed by atoms with van der Waals surface area (Å²) in [6.45, 7) is 2.82. The largest absolute Gasteiger partial charge is 0.502 e. The van der Waals surface area contributed by atoms with Gasteiger partial charge in [-0.1, -0.05) is 30.6 Å². The number of nitrogens with one attached hydrogen (secondary N) is 1. The molecule has 1 amide bonds. The van der Waals surface area contributed by atoms with Gasteiger partial charge in [-0.3, -0.25) is 19.7 Å². The fourth-order valence-electron chi connectivity index (χ4n) is 9.19. The Balaban J connectivity index is 1.23. The van der Waals surface area contributed by atoms with Gasteiger partial charge in [0.05, 0.1) is 23.8 Å². The summed E-state index contributed by atoms with van der Waals surface area (Å²) < 4.78 is 4.78. The van der Waals surface area contributed by atoms with E-state index in [4.69, 9.17) is 9.57 Å². The number of esters is 1. The van der Waals surface area contributed by atoms with E-state index in [0.717, 1.165) is 37.7 Å². The van der Waals surface area contributed by atoms with E-state index in [2.05, 4.69) is 17.4 Å². The number of aliphatic hydroxyl groups excluding tert-OH is 2. The van der Waals surface area contributed by atoms with Crippen LogP contribution in [0.4, 0.5) is 5.69 Å². The number of ether oxygens (including phenoxy) is 1. The fourth-order valence-corrected chi connectivity index (χ4v) is 9.19. The Kier molecular flexibility index (Phi) is 9.50. The number of fused-ring (bicyclic) bond motifs is 5. The minimum absolute atomic E-state index is 0.0460. The van der Waals surface area contributed by atoms with Crippen LogP contribution in [0.25, 0.3) is 0 Å². The van der Waals surface area contributed by atoms with Gasteiger partial charge in [-0.25, -0.2) is 4.79 Å². The summed E-state index contributed by atoms with van der Waals surface area (Å²) in [7, 11) is 1.15. The number of methoxy groups -OCH3 is 1. The Morgan fingerprint density at radius 3 is 2.62 bits per heavy atom. The molecule has 4 aliphatic rings. The van der Waals surface area contributed by atoms with Gasteiger partial charge >= 0.3 is 11.7 Å². The molecule has 47 heavy (non-hydrogen) atoms. The monoisotopic (exact) mass is 657 g/mol. The van der Waals surface area contributed by atoms with Crippen LogP contribution in [0.2, 0.25) is 0 Å². The molecule has 0 bridgehead atoms. The first kappa shape index (κ1) is 34.5. The maximum atomic E-state index is 12.7. The third-order valence-electron chi connectivity index (χ3n) is 11.5. The van der Waals surface area contributed by atoms with Gasteiger partial charge in [-0.05, 0) is 85.8 Å². The molecule has 3 saturated carbocycles. The zero-order valence-electron chi connectivity index (χ0n) is 26.8. The first-order chi connectivity index (χ1) is 22.2. The van der Waals surface area contributed by atoms with Gasteiger partial charge in [0, 0.05) is 17.9 Å². The van der Waals surface area contributed by atoms with E-state index in [1.54, 1.807) is 0 Å². The van der Waals surface area contributed by atoms with Crippen molar-refractivity contribution in [1.29, 1.82) is 0 Å². The average Bonchev–Trinajstić information content (AvgIpc) is 3.30. The van der Waals surface area contributed by atoms with E-state index >= 15 is 0 Å². The van der Waals surface area contributed by atoms with Crippen molar-refractivity contribution in [1.82, 2.24) is 5.32 Å². The smallest absolute Gasteiger partial charge is 0.328 e. The molecule has 0 saturated heterocycles. The number of allylic oxidation sites excluding steroid dienone is 2. The third-order valence-corrected chi connectivity index (χ3v) is 11.5. The lowest BCUT2D eigenvalue weighted by Crippen LogP contribution is -2.62. The molecule has 5 unspecified atom stereocenters. The Labute approximate surface area is 272 Å². The van der Waals surface area contributed by atoms with Crippen molar-refractivity contribution in [3.63, 3.8) is 0 Å². The lowest BCUT2D eigenvalue weighted by molar-refractivity contribution is -0.385. The highest BCUT2D eigenvalue weighted by Crippen LogP contribution is 2.67. The van der Waals surface area contributed by atoms with Gasteiger partial charge in [0.1, 0.15) is 18.2 Å². The van der Waals surface area contributed by atoms with Crippen molar-refractivity contribution in [2.24, 2.45) is 33.7 Å². The van der Waals surface area contributed by atoms with Crippen LogP contribution in [0.3, 0.4) is 0 Å². The maximum Gasteiger partial charge on any atom is 0.328 e. The number of aliphatic hydroxyl groups is 3. The molecule has 0 radical (unpaired) electrons. The van der Waals surface area contributed by atoms with Crippen LogP contribution in [-0.2, 0) is 30.4 Å². The van der Waals surface area contributed by atoms with Crippen LogP contribution in [0, 0.1) is 38.7 Å². The summed E-state index contributed by atoms with van der Waals surface area (Å²) in [6.07, 6.45) is 5.09. The molecule has 14 heteroatoms. The molecule has 1 aromatic rings. The zero-order chi connectivity index (χ0) is 34.3. The van der Waals surface area contributed by atoms with Crippen LogP contribution in [0.1, 0.15) is 64.4 Å². The number of carbonyl (C=O) groups is 3. The second-order valence-corrected chi connectivity index (χ2v) is 13.9. The Hall–Kier alpha value is -3.88. The number of hydrogen-bond donors (Lipinski definition) is 5. The predicted octanol–water partition coefficient (Wildman–Crippen LogP) is 2.10. The van der Waals surface area contributed by atoms with Crippen LogP contribution < -0.4 is 5.32 Å². The number of carbonyl (C=O) groups excluding carboxylic acids is 3. The molecular weight excluding hydrogens is 614 g/mol. The Morgan fingerprint density at radius 1 is 1.19 bits per heavy atom. The minimum atomic E-state index is -1.64. The standard InChI is InChI=1S/C33H43N3O11/c1-31-10-8-20(35-47-17-28(41)34-23(30(42)46-3)12-18-4-7-25(38)24(13-18)36(44)45)14-19(31)5-6-21-22-9-11-33(43,27(40)16-37)32(22,2)15-26(39)29(21)31/h4,7,13-14,21-23,26,29,37-39,43H,5-6,8-12,15-17H2,1-3H3,(H,34,41)/t21?,22?,23?,26?,29?,31-,32-,33-/m0/s1. The number of phenols is 1. The van der Waals surface area contributed by atoms with Gasteiger partial charge in [-0.15, -0.1) is 0 Å². The van der Waals surface area contributed by atoms with E-state index in [1.165, 1.54) is 6.07 Å². The van der Waals surface area contributed by atoms with Crippen molar-refractivity contribution >= 4 is 29.1 Å². The van der Waals surface area contributed by atoms with Crippen LogP contribution in [0.15, 0.2) is 35.0 Å². The van der Waals surface area contributed by atoms with Crippen molar-refractivity contribution in [2.45, 2.75) is 83.0 Å². The molecule has 0 aromatic heterocycles. The van der Waals surface area contributed by atoms with E-state index < -0.39 is 70.4 Å². The predicted molar refractivity (Wildman–Crippen MR) is 166 cm³/mol. The molecular formula is C33H43N3O11. The van der Waals surface area contributed by atoms with Crippen molar-refractivity contribution in [3.05, 3.63) is 45.5 Å². The van der Waals surface area contributed by atoms with E-state index in [-0.39, 0.29) is 42.4 Å². The number of nitro benzene ring substituents is 1. The number of rotatable bonds is 10. The average molecular weight is 658 g/mol. The second-order valence-electron chi connectivity index (χ2n) is 13.9. The summed E-state index contributed by atoms with van der Waals surface area (Å²) in [4.78, 5) is 53.4. The van der Waals surface area contributed by atoms with E-state index in [9.17, 15) is 44.9 Å². The molecule has 3 fully saturated rings. The normalized spacial score (nSPS) is 34.3. The summed E-state index contributed by atoms with van der Waals surface area (Å²) >= 11 is 0. The molecule has 14 nitrogen and oxygen atoms in total. The van der Waals surface area contributed by atoms with Gasteiger partial charge in [0.25, 0.3) is 5.91 Å². The molecule has 256 valence electrons. The van der Waals surface area contributed by atoms with Gasteiger partial charge in [0.15, 0.2) is 18.1 Å². The molecule has 0 spiro atoms. The number of ketones is 1. The molecule has 5 N–H and O–H groups in total. The van der Waals surface area contributed by atoms with Crippen molar-refractivity contribution < 1.29 is 49.3 Å². The number of phenolic OH excluding ortho intramolecular Hbond substituents is 1. The highest BCUT2D eigenvalue weighted by molar-refractivity contribution is 5.96. The second kappa shape index (κ2) is 13.0. The zero-order valence-corrected chi connectivity index (χ0v) is 26.8. The molecule has 5 rings (SSSR count). The quantitative estimate of drug-likeness (QED) is 0.139. The third kappa shape index (κ3) is 6.02. The minimum Gasteiger partial charge on any atom is -0.502 e. The number of oxime groups is 1. The molecule has 1 aromatic carbocycles. The van der Waals surface area contributed by atoms with Crippen molar-refractivity contribution in [3.8, 4) is 5.75 Å². The highest BCUT2D eigenvalue weighted by Gasteiger charge is 2.68. The highest BCUT2D eigenvalue weighted by atomic mass is 16.6. The number of benzene rings is 1. The van der Waals surface area contributed by atoms with Crippen molar-refractivity contribution in [2.75, 3.05) is 20.3 Å². The van der Waals surface area contributed by atoms with Gasteiger partial charge in [-0.2, -0.15) is 0 Å². The number of amides is 1. The topological polar surface area (TPSA) is 218 Å². The number of hydrogen-bond acceptors (Lipinski definition) is 12. The summed E-state index contributed by atoms with van der Waals surface area (Å²) in [5, 5.41) is 60.1. The van der Waals surface area contributed by atoms with E-state index in [0.29, 0.717) is 30.5 Å². The Morgan fingerprint density at radius 2 is 1.94 bits per heavy atom. The lowest BCUT2D eigenvalue weighted by Gasteiger charge is -2.60.